The van der Waals surface area contributed by atoms with Gasteiger partial charge in [-0.1, -0.05) is 0 Å². The van der Waals surface area contributed by atoms with Crippen molar-refractivity contribution in [3.8, 4) is 0 Å². The van der Waals surface area contributed by atoms with Crippen molar-refractivity contribution in [1.82, 2.24) is 0 Å². The lowest BCUT2D eigenvalue weighted by Crippen LogP contribution is -2.33. The van der Waals surface area contributed by atoms with Gasteiger partial charge in [0.2, 0.25) is 0 Å². The third-order valence-corrected chi connectivity index (χ3v) is 1.33. The molecule has 3 nitrogen and oxygen atoms in total. The zero-order valence-corrected chi connectivity index (χ0v) is 5.24. The summed E-state index contributed by atoms with van der Waals surface area (Å²) in [6.07, 6.45) is -2.95. The normalized spacial score (nSPS) is 63.2. The van der Waals surface area contributed by atoms with Gasteiger partial charge in [0, 0.05) is 9.14 Å². The van der Waals surface area contributed by atoms with E-state index in [1.165, 1.54) is 6.92 Å². The molecule has 0 radical (unpaired) electrons. The Hall–Kier alpha value is -0.120. The first-order chi connectivity index (χ1) is 5.00. The van der Waals surface area contributed by atoms with Gasteiger partial charge in [0.25, 0.3) is 0 Å². The van der Waals surface area contributed by atoms with Crippen LogP contribution >= 0.6 is 0 Å². The van der Waals surface area contributed by atoms with Crippen molar-refractivity contribution in [3.63, 3.8) is 0 Å². The van der Waals surface area contributed by atoms with Crippen LogP contribution in [0.15, 0.2) is 0 Å². The highest BCUT2D eigenvalue weighted by atomic mass is 16.6. The molecule has 0 aromatic heterocycles. The molecule has 4 atom stereocenters. The van der Waals surface area contributed by atoms with Crippen LogP contribution in [0.4, 0.5) is 0 Å². The molecule has 0 aliphatic carbocycles. The van der Waals surface area contributed by atoms with Gasteiger partial charge in [0.1, 0.15) is 5.60 Å². The zero-order valence-electron chi connectivity index (χ0n) is 7.24. The molecular weight excluding hydrogens is 120 g/mol. The minimum atomic E-state index is -1.54. The van der Waals surface area contributed by atoms with Gasteiger partial charge in [-0.3, -0.25) is 0 Å². The largest absolute Gasteiger partial charge is 0.385 e. The molecule has 1 aliphatic rings. The van der Waals surface area contributed by atoms with Crippen LogP contribution in [-0.2, 0) is 4.74 Å². The Bertz CT molecular complexity index is 151. The van der Waals surface area contributed by atoms with Crippen LogP contribution in [0.25, 0.3) is 0 Å². The Morgan fingerprint density at radius 3 is 2.89 bits per heavy atom. The molecule has 0 amide bonds. The molecule has 0 saturated carbocycles. The first-order valence-electron chi connectivity index (χ1n) is 4.06. The second-order valence-electron chi connectivity index (χ2n) is 2.42. The fourth-order valence-electron chi connectivity index (χ4n) is 0.801. The molecule has 3 heteroatoms. The monoisotopic (exact) mass is 134 g/mol. The highest BCUT2D eigenvalue weighted by Gasteiger charge is 2.40. The Balaban J connectivity index is 2.71. The molecule has 0 aromatic rings. The number of aliphatic hydroxyl groups excluding tert-OH is 1. The Labute approximate surface area is 57.1 Å². The third-order valence-electron chi connectivity index (χ3n) is 1.33. The maximum Gasteiger partial charge on any atom is 0.183 e. The molecule has 0 spiro atoms. The summed E-state index contributed by atoms with van der Waals surface area (Å²) in [6.45, 7) is 1.23. The average molecular weight is 134 g/mol. The van der Waals surface area contributed by atoms with Crippen molar-refractivity contribution in [1.29, 1.82) is 0 Å². The van der Waals surface area contributed by atoms with Crippen molar-refractivity contribution in [2.75, 3.05) is 0 Å². The fourth-order valence-corrected chi connectivity index (χ4v) is 0.801. The molecule has 1 saturated heterocycles. The average Bonchev–Trinajstić information content (AvgIpc) is 2.14. The van der Waals surface area contributed by atoms with Crippen LogP contribution in [-0.4, -0.2) is 28.2 Å². The molecule has 2 N–H and O–H groups in total. The molecule has 0 unspecified atom stereocenters. The molecule has 54 valence electrons. The first-order valence-corrected chi connectivity index (χ1v) is 2.77. The van der Waals surface area contributed by atoms with Crippen LogP contribution in [0.1, 0.15) is 23.0 Å². The topological polar surface area (TPSA) is 49.7 Å². The fraction of sp³-hybridized carbons (Fsp3) is 1.00. The molecule has 0 aromatic carbocycles. The van der Waals surface area contributed by atoms with E-state index in [1.807, 2.05) is 0 Å². The van der Waals surface area contributed by atoms with Gasteiger partial charge < -0.3 is 14.9 Å². The molecule has 1 rings (SSSR count). The quantitative estimate of drug-likeness (QED) is 0.485. The van der Waals surface area contributed by atoms with E-state index in [1.54, 1.807) is 0 Å². The molecule has 9 heavy (non-hydrogen) atoms. The first kappa shape index (κ1) is 4.66. The molecule has 1 aliphatic heterocycles. The second kappa shape index (κ2) is 1.94. The third kappa shape index (κ3) is 1.23. The highest BCUT2D eigenvalue weighted by Crippen LogP contribution is 2.27. The smallest absolute Gasteiger partial charge is 0.183 e. The SMILES string of the molecule is [2H]C[C@H]1O[C@H](O)[C@](C)(O)[C@H]1[2H]. The minimum Gasteiger partial charge on any atom is -0.385 e. The van der Waals surface area contributed by atoms with E-state index in [2.05, 4.69) is 0 Å². The van der Waals surface area contributed by atoms with E-state index in [-0.39, 0.29) is 6.90 Å². The number of rotatable bonds is 0. The number of hydrogen-bond acceptors (Lipinski definition) is 3. The summed E-state index contributed by atoms with van der Waals surface area (Å²) in [7, 11) is 0. The Morgan fingerprint density at radius 1 is 2.00 bits per heavy atom. The van der Waals surface area contributed by atoms with Crippen molar-refractivity contribution in [2.24, 2.45) is 0 Å². The maximum absolute atomic E-state index is 9.39. The van der Waals surface area contributed by atoms with E-state index in [9.17, 15) is 5.11 Å². The van der Waals surface area contributed by atoms with Gasteiger partial charge in [-0.05, 0) is 13.8 Å². The van der Waals surface area contributed by atoms with Crippen LogP contribution in [0.3, 0.4) is 0 Å². The van der Waals surface area contributed by atoms with Crippen molar-refractivity contribution >= 4 is 0 Å². The van der Waals surface area contributed by atoms with Crippen LogP contribution < -0.4 is 0 Å². The van der Waals surface area contributed by atoms with Crippen LogP contribution in [0, 0.1) is 0 Å². The number of ether oxygens (including phenoxy) is 1. The summed E-state index contributed by atoms with van der Waals surface area (Å²) >= 11 is 0. The van der Waals surface area contributed by atoms with Crippen LogP contribution in [0.2, 0.25) is 0 Å². The molecule has 1 fully saturated rings. The summed E-state index contributed by atoms with van der Waals surface area (Å²) in [5.41, 5.74) is -1.54. The van der Waals surface area contributed by atoms with Gasteiger partial charge in [-0.2, -0.15) is 0 Å². The van der Waals surface area contributed by atoms with Crippen molar-refractivity contribution < 1.29 is 17.7 Å². The summed E-state index contributed by atoms with van der Waals surface area (Å²) < 4.78 is 19.1. The number of aliphatic hydroxyl groups is 2. The van der Waals surface area contributed by atoms with Crippen molar-refractivity contribution in [3.05, 3.63) is 0 Å². The standard InChI is InChI=1S/C6H12O3/c1-4-3-6(2,8)5(7)9-4/h4-5,7-8H,3H2,1-2H3/t4-,5+,6-/m1/s1/i1D,3D/t3-,4+,5-,6+/m0. The predicted molar refractivity (Wildman–Crippen MR) is 31.8 cm³/mol. The van der Waals surface area contributed by atoms with E-state index >= 15 is 0 Å². The van der Waals surface area contributed by atoms with E-state index in [0.29, 0.717) is 0 Å². The summed E-state index contributed by atoms with van der Waals surface area (Å²) in [4.78, 5) is 0. The number of hydrogen-bond donors (Lipinski definition) is 2. The Morgan fingerprint density at radius 2 is 2.67 bits per heavy atom. The van der Waals surface area contributed by atoms with Gasteiger partial charge in [-0.15, -0.1) is 0 Å². The molecule has 1 heterocycles. The van der Waals surface area contributed by atoms with Crippen molar-refractivity contribution in [2.45, 2.75) is 38.2 Å². The van der Waals surface area contributed by atoms with Gasteiger partial charge >= 0.3 is 0 Å². The lowest BCUT2D eigenvalue weighted by atomic mass is 10.0. The maximum atomic E-state index is 9.39. The zero-order chi connectivity index (χ0) is 8.65. The van der Waals surface area contributed by atoms with E-state index in [0.717, 1.165) is 0 Å². The lowest BCUT2D eigenvalue weighted by molar-refractivity contribution is -0.159. The summed E-state index contributed by atoms with van der Waals surface area (Å²) in [6, 6.07) is 0. The lowest BCUT2D eigenvalue weighted by Gasteiger charge is -2.17. The highest BCUT2D eigenvalue weighted by molar-refractivity contribution is 4.84. The minimum absolute atomic E-state index is 0.110. The van der Waals surface area contributed by atoms with E-state index < -0.39 is 24.4 Å². The van der Waals surface area contributed by atoms with Gasteiger partial charge in [0.15, 0.2) is 6.29 Å². The predicted octanol–water partition coefficient (Wildman–Crippen LogP) is -0.135. The van der Waals surface area contributed by atoms with Crippen LogP contribution in [0.5, 0.6) is 0 Å². The summed E-state index contributed by atoms with van der Waals surface area (Å²) in [5.74, 6) is 0. The second-order valence-corrected chi connectivity index (χ2v) is 2.42. The molecule has 0 bridgehead atoms. The summed E-state index contributed by atoms with van der Waals surface area (Å²) in [5, 5.41) is 18.4. The van der Waals surface area contributed by atoms with Gasteiger partial charge in [-0.25, -0.2) is 0 Å². The van der Waals surface area contributed by atoms with Gasteiger partial charge in [0.05, 0.1) is 6.10 Å². The van der Waals surface area contributed by atoms with E-state index in [4.69, 9.17) is 12.6 Å². The molecular formula is C6H12O3. The Kier molecular flexibility index (Phi) is 1.00.